The molecule has 0 aliphatic carbocycles. The molecule has 134 valence electrons. The second-order valence-electron chi connectivity index (χ2n) is 6.65. The molecule has 1 atom stereocenters. The molecule has 0 spiro atoms. The summed E-state index contributed by atoms with van der Waals surface area (Å²) in [5, 5.41) is 0. The van der Waals surface area contributed by atoms with Crippen molar-refractivity contribution in [1.82, 2.24) is 14.3 Å². The van der Waals surface area contributed by atoms with Gasteiger partial charge in [-0.25, -0.2) is 4.98 Å². The quantitative estimate of drug-likeness (QED) is 0.708. The van der Waals surface area contributed by atoms with E-state index < -0.39 is 0 Å². The predicted molar refractivity (Wildman–Crippen MR) is 101 cm³/mol. The molecule has 1 aromatic carbocycles. The van der Waals surface area contributed by atoms with Crippen LogP contribution in [0.1, 0.15) is 37.1 Å². The molecule has 3 heterocycles. The van der Waals surface area contributed by atoms with Gasteiger partial charge in [0.05, 0.1) is 12.3 Å². The number of hydrogen-bond donors (Lipinski definition) is 0. The summed E-state index contributed by atoms with van der Waals surface area (Å²) in [5.41, 5.74) is 2.80. The van der Waals surface area contributed by atoms with Crippen molar-refractivity contribution in [1.29, 1.82) is 0 Å². The van der Waals surface area contributed by atoms with Crippen LogP contribution in [0.15, 0.2) is 59.5 Å². The fourth-order valence-corrected chi connectivity index (χ4v) is 3.74. The summed E-state index contributed by atoms with van der Waals surface area (Å²) in [6.07, 6.45) is 4.04. The van der Waals surface area contributed by atoms with Crippen LogP contribution in [0.3, 0.4) is 0 Å². The molecule has 1 fully saturated rings. The van der Waals surface area contributed by atoms with Crippen molar-refractivity contribution in [2.24, 2.45) is 0 Å². The highest BCUT2D eigenvalue weighted by Crippen LogP contribution is 2.33. The Bertz CT molecular complexity index is 949. The molecular weight excluding hydrogens is 326 g/mol. The minimum absolute atomic E-state index is 0.0255. The molecule has 26 heavy (non-hydrogen) atoms. The van der Waals surface area contributed by atoms with Crippen molar-refractivity contribution >= 4 is 5.65 Å². The van der Waals surface area contributed by atoms with Crippen LogP contribution in [0, 0.1) is 0 Å². The highest BCUT2D eigenvalue weighted by molar-refractivity contribution is 5.38. The third-order valence-corrected chi connectivity index (χ3v) is 4.93. The summed E-state index contributed by atoms with van der Waals surface area (Å²) in [5.74, 6) is 0.907. The van der Waals surface area contributed by atoms with Gasteiger partial charge in [-0.05, 0) is 56.1 Å². The van der Waals surface area contributed by atoms with E-state index in [0.29, 0.717) is 24.8 Å². The fourth-order valence-electron chi connectivity index (χ4n) is 3.74. The molecule has 5 nitrogen and oxygen atoms in total. The lowest BCUT2D eigenvalue weighted by atomic mass is 10.0. The summed E-state index contributed by atoms with van der Waals surface area (Å²) in [7, 11) is 0. The number of likely N-dealkylation sites (tertiary alicyclic amines) is 1. The van der Waals surface area contributed by atoms with Gasteiger partial charge in [-0.2, -0.15) is 0 Å². The van der Waals surface area contributed by atoms with Crippen LogP contribution < -0.4 is 10.3 Å². The molecule has 4 rings (SSSR count). The number of nitrogens with zero attached hydrogens (tertiary/aromatic N) is 3. The summed E-state index contributed by atoms with van der Waals surface area (Å²) in [6.45, 7) is 4.38. The van der Waals surface area contributed by atoms with Crippen LogP contribution in [-0.2, 0) is 6.54 Å². The van der Waals surface area contributed by atoms with E-state index in [0.717, 1.165) is 30.8 Å². The van der Waals surface area contributed by atoms with Gasteiger partial charge < -0.3 is 4.74 Å². The zero-order chi connectivity index (χ0) is 17.9. The third-order valence-electron chi connectivity index (χ3n) is 4.93. The van der Waals surface area contributed by atoms with E-state index in [2.05, 4.69) is 22.0 Å². The van der Waals surface area contributed by atoms with Crippen molar-refractivity contribution in [2.45, 2.75) is 32.4 Å². The van der Waals surface area contributed by atoms with Crippen molar-refractivity contribution in [2.75, 3.05) is 13.2 Å². The van der Waals surface area contributed by atoms with Crippen LogP contribution in [0.25, 0.3) is 5.65 Å². The van der Waals surface area contributed by atoms with Crippen LogP contribution in [0.2, 0.25) is 0 Å². The lowest BCUT2D eigenvalue weighted by Gasteiger charge is -2.24. The number of pyridine rings is 1. The van der Waals surface area contributed by atoms with E-state index in [9.17, 15) is 4.79 Å². The van der Waals surface area contributed by atoms with Gasteiger partial charge in [0, 0.05) is 24.8 Å². The minimum Gasteiger partial charge on any atom is -0.494 e. The first-order valence-electron chi connectivity index (χ1n) is 9.19. The smallest absolute Gasteiger partial charge is 0.258 e. The molecule has 1 aliphatic heterocycles. The second kappa shape index (κ2) is 7.30. The first-order valence-corrected chi connectivity index (χ1v) is 9.19. The van der Waals surface area contributed by atoms with E-state index in [1.165, 1.54) is 5.56 Å². The predicted octanol–water partition coefficient (Wildman–Crippen LogP) is 3.43. The molecule has 1 saturated heterocycles. The molecule has 3 aromatic rings. The van der Waals surface area contributed by atoms with E-state index >= 15 is 0 Å². The van der Waals surface area contributed by atoms with Gasteiger partial charge in [0.1, 0.15) is 11.4 Å². The van der Waals surface area contributed by atoms with Gasteiger partial charge in [-0.1, -0.05) is 18.2 Å². The highest BCUT2D eigenvalue weighted by atomic mass is 16.5. The topological polar surface area (TPSA) is 46.8 Å². The number of aromatic nitrogens is 2. The fraction of sp³-hybridized carbons (Fsp3) is 0.333. The number of benzene rings is 1. The Kier molecular flexibility index (Phi) is 4.71. The molecule has 5 heteroatoms. The average Bonchev–Trinajstić information content (AvgIpc) is 3.11. The van der Waals surface area contributed by atoms with E-state index in [-0.39, 0.29) is 5.56 Å². The zero-order valence-electron chi connectivity index (χ0n) is 15.0. The number of hydrogen-bond acceptors (Lipinski definition) is 4. The Labute approximate surface area is 152 Å². The summed E-state index contributed by atoms with van der Waals surface area (Å²) in [6, 6.07) is 16.0. The summed E-state index contributed by atoms with van der Waals surface area (Å²) < 4.78 is 7.12. The molecule has 0 radical (unpaired) electrons. The lowest BCUT2D eigenvalue weighted by molar-refractivity contribution is 0.245. The summed E-state index contributed by atoms with van der Waals surface area (Å²) >= 11 is 0. The van der Waals surface area contributed by atoms with E-state index in [1.54, 1.807) is 16.7 Å². The van der Waals surface area contributed by atoms with Gasteiger partial charge >= 0.3 is 0 Å². The number of rotatable bonds is 5. The minimum atomic E-state index is -0.0255. The van der Waals surface area contributed by atoms with Gasteiger partial charge in [-0.15, -0.1) is 0 Å². The molecule has 0 N–H and O–H groups in total. The standard InChI is InChI=1S/C21H23N3O2/c1-2-26-18-10-8-16(9-11-18)19-6-5-12-23(19)15-17-14-21(25)24-13-4-3-7-20(24)22-17/h3-4,7-11,13-14,19H,2,5-6,12,15H2,1H3. The maximum absolute atomic E-state index is 12.3. The summed E-state index contributed by atoms with van der Waals surface area (Å²) in [4.78, 5) is 19.4. The van der Waals surface area contributed by atoms with Crippen molar-refractivity contribution in [3.8, 4) is 5.75 Å². The Morgan fingerprint density at radius 2 is 2.04 bits per heavy atom. The Balaban J connectivity index is 1.56. The second-order valence-corrected chi connectivity index (χ2v) is 6.65. The van der Waals surface area contributed by atoms with Crippen molar-refractivity contribution in [3.05, 3.63) is 76.3 Å². The lowest BCUT2D eigenvalue weighted by Crippen LogP contribution is -2.25. The third kappa shape index (κ3) is 3.35. The van der Waals surface area contributed by atoms with Crippen LogP contribution in [-0.4, -0.2) is 27.4 Å². The number of fused-ring (bicyclic) bond motifs is 1. The van der Waals surface area contributed by atoms with Crippen LogP contribution >= 0.6 is 0 Å². The molecule has 0 amide bonds. The molecule has 1 aliphatic rings. The maximum Gasteiger partial charge on any atom is 0.258 e. The van der Waals surface area contributed by atoms with E-state index in [4.69, 9.17) is 4.74 Å². The molecule has 0 saturated carbocycles. The monoisotopic (exact) mass is 349 g/mol. The Hall–Kier alpha value is -2.66. The van der Waals surface area contributed by atoms with Crippen molar-refractivity contribution < 1.29 is 4.74 Å². The Morgan fingerprint density at radius 3 is 2.85 bits per heavy atom. The van der Waals surface area contributed by atoms with Gasteiger partial charge in [-0.3, -0.25) is 14.1 Å². The molecule has 0 bridgehead atoms. The molecule has 2 aromatic heterocycles. The van der Waals surface area contributed by atoms with Crippen LogP contribution in [0.5, 0.6) is 5.75 Å². The largest absolute Gasteiger partial charge is 0.494 e. The Morgan fingerprint density at radius 1 is 1.19 bits per heavy atom. The average molecular weight is 349 g/mol. The normalized spacial score (nSPS) is 17.7. The first kappa shape index (κ1) is 16.8. The first-order chi connectivity index (χ1) is 12.7. The van der Waals surface area contributed by atoms with Gasteiger partial charge in [0.2, 0.25) is 0 Å². The van der Waals surface area contributed by atoms with Crippen molar-refractivity contribution in [3.63, 3.8) is 0 Å². The van der Waals surface area contributed by atoms with E-state index in [1.807, 2.05) is 37.3 Å². The van der Waals surface area contributed by atoms with Gasteiger partial charge in [0.25, 0.3) is 5.56 Å². The SMILES string of the molecule is CCOc1ccc(C2CCCN2Cc2cc(=O)n3ccccc3n2)cc1. The van der Waals surface area contributed by atoms with Crippen LogP contribution in [0.4, 0.5) is 0 Å². The number of ether oxygens (including phenoxy) is 1. The highest BCUT2D eigenvalue weighted by Gasteiger charge is 2.26. The van der Waals surface area contributed by atoms with Gasteiger partial charge in [0.15, 0.2) is 0 Å². The molecule has 1 unspecified atom stereocenters. The maximum atomic E-state index is 12.3. The zero-order valence-corrected chi connectivity index (χ0v) is 15.0. The molecular formula is C21H23N3O2.